The number of nitrogens with zero attached hydrogens (tertiary/aromatic N) is 1. The average Bonchev–Trinajstić information content (AvgIpc) is 2.73. The van der Waals surface area contributed by atoms with E-state index in [1.165, 1.54) is 19.3 Å². The Balaban J connectivity index is 1.75. The normalized spacial score (nSPS) is 12.0. The minimum absolute atomic E-state index is 0.0958. The maximum absolute atomic E-state index is 13.9. The first-order valence-electron chi connectivity index (χ1n) is 10.7. The zero-order valence-electron chi connectivity index (χ0n) is 17.3. The molecule has 0 fully saturated rings. The van der Waals surface area contributed by atoms with E-state index < -0.39 is 6.17 Å². The lowest BCUT2D eigenvalue weighted by atomic mass is 10.1. The fourth-order valence-electron chi connectivity index (χ4n) is 2.93. The minimum Gasteiger partial charge on any atom is -0.494 e. The first-order chi connectivity index (χ1) is 13.7. The number of unbranched alkanes of at least 4 members (excludes halogenated alkanes) is 5. The quantitative estimate of drug-likeness (QED) is 0.327. The molecule has 1 aromatic heterocycles. The lowest BCUT2D eigenvalue weighted by molar-refractivity contribution is 0.183. The number of aromatic nitrogens is 1. The van der Waals surface area contributed by atoms with Gasteiger partial charge in [-0.1, -0.05) is 52.4 Å². The van der Waals surface area contributed by atoms with Crippen LogP contribution in [0.3, 0.4) is 0 Å². The largest absolute Gasteiger partial charge is 0.494 e. The molecule has 2 aromatic rings. The lowest BCUT2D eigenvalue weighted by Crippen LogP contribution is -2.12. The number of alkyl halides is 1. The Morgan fingerprint density at radius 2 is 1.54 bits per heavy atom. The predicted molar refractivity (Wildman–Crippen MR) is 114 cm³/mol. The van der Waals surface area contributed by atoms with Crippen LogP contribution in [0.25, 0.3) is 11.3 Å². The zero-order chi connectivity index (χ0) is 20.0. The van der Waals surface area contributed by atoms with Gasteiger partial charge in [-0.2, -0.15) is 0 Å². The van der Waals surface area contributed by atoms with Gasteiger partial charge in [0.05, 0.1) is 18.5 Å². The maximum atomic E-state index is 13.9. The molecule has 0 bridgehead atoms. The molecular formula is C24H34FNO2. The molecule has 0 N–H and O–H groups in total. The van der Waals surface area contributed by atoms with Gasteiger partial charge in [-0.3, -0.25) is 4.98 Å². The number of hydrogen-bond acceptors (Lipinski definition) is 3. The molecule has 0 amide bonds. The summed E-state index contributed by atoms with van der Waals surface area (Å²) in [6.45, 7) is 5.17. The van der Waals surface area contributed by atoms with Gasteiger partial charge in [0.2, 0.25) is 0 Å². The zero-order valence-corrected chi connectivity index (χ0v) is 17.3. The summed E-state index contributed by atoms with van der Waals surface area (Å²) in [6.07, 6.45) is 9.18. The Bertz CT molecular complexity index is 643. The van der Waals surface area contributed by atoms with Crippen LogP contribution in [0.15, 0.2) is 42.6 Å². The Kier molecular flexibility index (Phi) is 10.4. The molecule has 0 aliphatic carbocycles. The Morgan fingerprint density at radius 1 is 0.821 bits per heavy atom. The van der Waals surface area contributed by atoms with E-state index in [1.807, 2.05) is 36.4 Å². The monoisotopic (exact) mass is 387 g/mol. The van der Waals surface area contributed by atoms with Crippen molar-refractivity contribution in [3.8, 4) is 22.8 Å². The van der Waals surface area contributed by atoms with Crippen LogP contribution < -0.4 is 9.47 Å². The Hall–Kier alpha value is -2.10. The van der Waals surface area contributed by atoms with Crippen LogP contribution in [0.4, 0.5) is 4.39 Å². The van der Waals surface area contributed by atoms with Crippen molar-refractivity contribution in [1.29, 1.82) is 0 Å². The van der Waals surface area contributed by atoms with Crippen molar-refractivity contribution in [2.75, 3.05) is 13.2 Å². The number of hydrogen-bond donors (Lipinski definition) is 0. The highest BCUT2D eigenvalue weighted by atomic mass is 19.1. The molecule has 1 atom stereocenters. The van der Waals surface area contributed by atoms with Gasteiger partial charge in [0, 0.05) is 5.56 Å². The summed E-state index contributed by atoms with van der Waals surface area (Å²) in [5.41, 5.74) is 1.88. The van der Waals surface area contributed by atoms with Crippen LogP contribution in [0.5, 0.6) is 11.5 Å². The molecule has 1 aromatic carbocycles. The predicted octanol–water partition coefficient (Wildman–Crippen LogP) is 7.00. The van der Waals surface area contributed by atoms with Crippen LogP contribution in [0.2, 0.25) is 0 Å². The molecule has 4 heteroatoms. The van der Waals surface area contributed by atoms with Crippen molar-refractivity contribution < 1.29 is 13.9 Å². The molecule has 0 radical (unpaired) electrons. The van der Waals surface area contributed by atoms with Crippen molar-refractivity contribution in [1.82, 2.24) is 4.98 Å². The average molecular weight is 388 g/mol. The number of rotatable bonds is 14. The molecule has 2 rings (SSSR count). The third-order valence-corrected chi connectivity index (χ3v) is 4.70. The summed E-state index contributed by atoms with van der Waals surface area (Å²) in [5.74, 6) is 1.48. The number of benzene rings is 1. The number of pyridine rings is 1. The van der Waals surface area contributed by atoms with Crippen LogP contribution in [0, 0.1) is 0 Å². The number of halogens is 1. The van der Waals surface area contributed by atoms with Crippen LogP contribution in [0.1, 0.15) is 65.2 Å². The SMILES string of the molecule is CCCCCCCC(F)COc1ccc(-c2ccc(OCCCC)cc2)nc1. The highest BCUT2D eigenvalue weighted by Gasteiger charge is 2.08. The van der Waals surface area contributed by atoms with Gasteiger partial charge < -0.3 is 9.47 Å². The fraction of sp³-hybridized carbons (Fsp3) is 0.542. The fourth-order valence-corrected chi connectivity index (χ4v) is 2.93. The molecular weight excluding hydrogens is 353 g/mol. The van der Waals surface area contributed by atoms with E-state index in [0.29, 0.717) is 12.2 Å². The van der Waals surface area contributed by atoms with Crippen molar-refractivity contribution >= 4 is 0 Å². The molecule has 154 valence electrons. The van der Waals surface area contributed by atoms with Gasteiger partial charge >= 0.3 is 0 Å². The van der Waals surface area contributed by atoms with Crippen molar-refractivity contribution in [2.45, 2.75) is 71.4 Å². The van der Waals surface area contributed by atoms with Crippen LogP contribution in [-0.4, -0.2) is 24.4 Å². The van der Waals surface area contributed by atoms with E-state index in [0.717, 1.165) is 49.3 Å². The van der Waals surface area contributed by atoms with Crippen molar-refractivity contribution in [3.05, 3.63) is 42.6 Å². The van der Waals surface area contributed by atoms with Gasteiger partial charge in [-0.15, -0.1) is 0 Å². The summed E-state index contributed by atoms with van der Waals surface area (Å²) in [4.78, 5) is 4.44. The lowest BCUT2D eigenvalue weighted by Gasteiger charge is -2.11. The van der Waals surface area contributed by atoms with E-state index in [9.17, 15) is 4.39 Å². The number of ether oxygens (including phenoxy) is 2. The van der Waals surface area contributed by atoms with Gasteiger partial charge in [-0.05, 0) is 49.2 Å². The molecule has 0 aliphatic heterocycles. The standard InChI is InChI=1S/C24H34FNO2/c1-3-5-7-8-9-10-21(25)19-28-23-15-16-24(26-18-23)20-11-13-22(14-12-20)27-17-6-4-2/h11-16,18,21H,3-10,17,19H2,1-2H3. The molecule has 0 saturated heterocycles. The summed E-state index contributed by atoms with van der Waals surface area (Å²) in [5, 5.41) is 0. The summed E-state index contributed by atoms with van der Waals surface area (Å²) in [6, 6.07) is 11.7. The summed E-state index contributed by atoms with van der Waals surface area (Å²) < 4.78 is 25.2. The topological polar surface area (TPSA) is 31.4 Å². The van der Waals surface area contributed by atoms with E-state index in [-0.39, 0.29) is 6.61 Å². The van der Waals surface area contributed by atoms with Crippen molar-refractivity contribution in [2.24, 2.45) is 0 Å². The second-order valence-corrected chi connectivity index (χ2v) is 7.22. The first-order valence-corrected chi connectivity index (χ1v) is 10.7. The molecule has 0 saturated carbocycles. The highest BCUT2D eigenvalue weighted by Crippen LogP contribution is 2.23. The van der Waals surface area contributed by atoms with Gasteiger partial charge in [0.25, 0.3) is 0 Å². The van der Waals surface area contributed by atoms with E-state index in [1.54, 1.807) is 6.20 Å². The van der Waals surface area contributed by atoms with E-state index in [2.05, 4.69) is 18.8 Å². The second-order valence-electron chi connectivity index (χ2n) is 7.22. The third kappa shape index (κ3) is 8.28. The van der Waals surface area contributed by atoms with E-state index >= 15 is 0 Å². The first kappa shape index (κ1) is 22.2. The molecule has 1 heterocycles. The van der Waals surface area contributed by atoms with Gasteiger partial charge in [0.1, 0.15) is 24.3 Å². The summed E-state index contributed by atoms with van der Waals surface area (Å²) >= 11 is 0. The second kappa shape index (κ2) is 13.1. The van der Waals surface area contributed by atoms with Gasteiger partial charge in [0.15, 0.2) is 0 Å². The van der Waals surface area contributed by atoms with Crippen LogP contribution in [-0.2, 0) is 0 Å². The van der Waals surface area contributed by atoms with Gasteiger partial charge in [-0.25, -0.2) is 4.39 Å². The smallest absolute Gasteiger partial charge is 0.137 e. The molecule has 1 unspecified atom stereocenters. The van der Waals surface area contributed by atoms with Crippen LogP contribution >= 0.6 is 0 Å². The highest BCUT2D eigenvalue weighted by molar-refractivity contribution is 5.60. The molecule has 3 nitrogen and oxygen atoms in total. The molecule has 28 heavy (non-hydrogen) atoms. The van der Waals surface area contributed by atoms with E-state index in [4.69, 9.17) is 9.47 Å². The molecule has 0 aliphatic rings. The summed E-state index contributed by atoms with van der Waals surface area (Å²) in [7, 11) is 0. The minimum atomic E-state index is -0.915. The van der Waals surface area contributed by atoms with Crippen molar-refractivity contribution in [3.63, 3.8) is 0 Å². The molecule has 0 spiro atoms. The Labute approximate surface area is 169 Å². The maximum Gasteiger partial charge on any atom is 0.137 e. The Morgan fingerprint density at radius 3 is 2.21 bits per heavy atom. The third-order valence-electron chi connectivity index (χ3n) is 4.70.